The molecule has 0 saturated carbocycles. The van der Waals surface area contributed by atoms with Gasteiger partial charge in [-0.3, -0.25) is 0 Å². The second kappa shape index (κ2) is 4.83. The molecule has 0 radical (unpaired) electrons. The summed E-state index contributed by atoms with van der Waals surface area (Å²) in [6, 6.07) is 0. The number of anilines is 1. The van der Waals surface area contributed by atoms with Gasteiger partial charge in [-0.25, -0.2) is 0 Å². The summed E-state index contributed by atoms with van der Waals surface area (Å²) in [5.41, 5.74) is 0.135. The molecule has 1 aromatic rings. The van der Waals surface area contributed by atoms with E-state index in [1.807, 2.05) is 13.0 Å². The van der Waals surface area contributed by atoms with Gasteiger partial charge in [0.25, 0.3) is 0 Å². The first-order valence-electron chi connectivity index (χ1n) is 4.68. The number of nitrogens with zero attached hydrogens (tertiary/aromatic N) is 1. The van der Waals surface area contributed by atoms with Crippen LogP contribution in [0.2, 0.25) is 0 Å². The Morgan fingerprint density at radius 1 is 1.25 bits per heavy atom. The van der Waals surface area contributed by atoms with Gasteiger partial charge in [0, 0.05) is 0 Å². The number of rotatable bonds is 4. The van der Waals surface area contributed by atoms with E-state index in [2.05, 4.69) is 0 Å². The fourth-order valence-corrected chi connectivity index (χ4v) is 1.61. The first kappa shape index (κ1) is 13.0. The first-order valence-corrected chi connectivity index (χ1v) is 6.15. The van der Waals surface area contributed by atoms with E-state index >= 15 is 0 Å². The summed E-state index contributed by atoms with van der Waals surface area (Å²) in [5.74, 6) is 0. The zero-order valence-electron chi connectivity index (χ0n) is 9.40. The maximum atomic E-state index is 11.4. The molecule has 0 fully saturated rings. The minimum atomic E-state index is -0.494. The van der Waals surface area contributed by atoms with Gasteiger partial charge >= 0.3 is 105 Å². The second-order valence-electron chi connectivity index (χ2n) is 3.68. The zero-order valence-corrected chi connectivity index (χ0v) is 12.3. The second-order valence-corrected chi connectivity index (χ2v) is 5.99. The van der Waals surface area contributed by atoms with Gasteiger partial charge in [-0.15, -0.1) is 0 Å². The van der Waals surface area contributed by atoms with E-state index in [0.717, 1.165) is 3.90 Å². The van der Waals surface area contributed by atoms with Gasteiger partial charge in [-0.05, 0) is 0 Å². The third kappa shape index (κ3) is 2.35. The van der Waals surface area contributed by atoms with E-state index in [1.165, 1.54) is 19.4 Å². The van der Waals surface area contributed by atoms with Crippen molar-refractivity contribution >= 4 is 15.2 Å². The molecule has 0 aliphatic carbocycles. The Kier molecular flexibility index (Phi) is 3.92. The molecule has 0 N–H and O–H groups in total. The summed E-state index contributed by atoms with van der Waals surface area (Å²) in [4.78, 5) is 24.3. The molecule has 3 nitrogen and oxygen atoms in total. The van der Waals surface area contributed by atoms with Crippen LogP contribution in [0.25, 0.3) is 5.57 Å². The first-order chi connectivity index (χ1) is 7.36. The molecule has 0 unspecified atom stereocenters. The van der Waals surface area contributed by atoms with Crippen LogP contribution in [0.5, 0.6) is 0 Å². The summed E-state index contributed by atoms with van der Waals surface area (Å²) >= 11 is 1.34. The summed E-state index contributed by atoms with van der Waals surface area (Å²) in [7, 11) is 3.44. The van der Waals surface area contributed by atoms with E-state index < -0.39 is 10.9 Å². The SMILES string of the molecule is [CH-]=C(/C=C\[C](C)=[W])c1c(N(C)C)c(=O)c1=O. The average molecular weight is 386 g/mol. The average Bonchev–Trinajstić information content (AvgIpc) is 2.20. The summed E-state index contributed by atoms with van der Waals surface area (Å²) in [6.07, 6.45) is 3.52. The molecule has 84 valence electrons. The van der Waals surface area contributed by atoms with Crippen molar-refractivity contribution in [3.05, 3.63) is 44.7 Å². The Labute approximate surface area is 105 Å². The molecule has 1 aromatic carbocycles. The maximum absolute atomic E-state index is 11.4. The number of allylic oxidation sites excluding steroid dienone is 3. The predicted octanol–water partition coefficient (Wildman–Crippen LogP) is 0.460. The van der Waals surface area contributed by atoms with Crippen molar-refractivity contribution in [2.75, 3.05) is 19.0 Å². The molecular weight excluding hydrogens is 374 g/mol. The normalized spacial score (nSPS) is 10.9. The molecule has 1 rings (SSSR count). The van der Waals surface area contributed by atoms with Crippen molar-refractivity contribution in [3.8, 4) is 0 Å². The van der Waals surface area contributed by atoms with Gasteiger partial charge in [0.15, 0.2) is 0 Å². The Morgan fingerprint density at radius 3 is 2.25 bits per heavy atom. The summed E-state index contributed by atoms with van der Waals surface area (Å²) in [6.45, 7) is 7.74. The van der Waals surface area contributed by atoms with Crippen molar-refractivity contribution in [2.24, 2.45) is 0 Å². The van der Waals surface area contributed by atoms with Crippen LogP contribution in [0.3, 0.4) is 0 Å². The van der Waals surface area contributed by atoms with Gasteiger partial charge in [-0.1, -0.05) is 0 Å². The van der Waals surface area contributed by atoms with E-state index in [4.69, 9.17) is 6.58 Å². The fraction of sp³-hybridized carbons (Fsp3) is 0.250. The monoisotopic (exact) mass is 386 g/mol. The quantitative estimate of drug-likeness (QED) is 0.429. The molecule has 0 atom stereocenters. The van der Waals surface area contributed by atoms with Crippen molar-refractivity contribution in [1.82, 2.24) is 0 Å². The standard InChI is InChI=1S/C12H12NO2.W/c1-5-6-7-8(2)9-10(13(3)4)12(15)11(9)14;/h2,6-7H,1,3-4H3;/q-1;/b7-6-;. The van der Waals surface area contributed by atoms with Gasteiger partial charge in [0.05, 0.1) is 0 Å². The summed E-state index contributed by atoms with van der Waals surface area (Å²) < 4.78 is 1.16. The van der Waals surface area contributed by atoms with E-state index in [0.29, 0.717) is 16.8 Å². The van der Waals surface area contributed by atoms with Gasteiger partial charge in [0.1, 0.15) is 0 Å². The van der Waals surface area contributed by atoms with Gasteiger partial charge < -0.3 is 0 Å². The molecule has 0 aromatic heterocycles. The van der Waals surface area contributed by atoms with Crippen molar-refractivity contribution in [2.45, 2.75) is 6.92 Å². The summed E-state index contributed by atoms with van der Waals surface area (Å²) in [5, 5.41) is 0. The molecule has 0 amide bonds. The van der Waals surface area contributed by atoms with Crippen LogP contribution >= 0.6 is 0 Å². The fourth-order valence-electron chi connectivity index (χ4n) is 1.36. The van der Waals surface area contributed by atoms with Crippen molar-refractivity contribution in [1.29, 1.82) is 0 Å². The Morgan fingerprint density at radius 2 is 1.81 bits per heavy atom. The molecule has 4 heteroatoms. The van der Waals surface area contributed by atoms with Crippen LogP contribution < -0.4 is 15.8 Å². The zero-order chi connectivity index (χ0) is 12.5. The van der Waals surface area contributed by atoms with Crippen molar-refractivity contribution < 1.29 is 19.4 Å². The van der Waals surface area contributed by atoms with E-state index in [9.17, 15) is 9.59 Å². The van der Waals surface area contributed by atoms with Crippen LogP contribution in [0, 0.1) is 6.58 Å². The molecule has 0 aliphatic rings. The number of hydrogen-bond acceptors (Lipinski definition) is 3. The third-order valence-corrected chi connectivity index (χ3v) is 2.61. The van der Waals surface area contributed by atoms with Crippen LogP contribution in [0.4, 0.5) is 5.69 Å². The minimum absolute atomic E-state index is 0.336. The van der Waals surface area contributed by atoms with Crippen LogP contribution in [-0.2, 0) is 19.4 Å². The number of hydrogen-bond donors (Lipinski definition) is 0. The van der Waals surface area contributed by atoms with Gasteiger partial charge in [0.2, 0.25) is 0 Å². The Bertz CT molecular complexity index is 546. The molecule has 0 spiro atoms. The molecule has 16 heavy (non-hydrogen) atoms. The predicted molar refractivity (Wildman–Crippen MR) is 63.2 cm³/mol. The Hall–Kier alpha value is -1.08. The van der Waals surface area contributed by atoms with Crippen LogP contribution in [-0.4, -0.2) is 18.0 Å². The van der Waals surface area contributed by atoms with E-state index in [-0.39, 0.29) is 0 Å². The third-order valence-electron chi connectivity index (χ3n) is 2.12. The molecule has 0 saturated heterocycles. The van der Waals surface area contributed by atoms with Crippen LogP contribution in [0.1, 0.15) is 12.5 Å². The molecule has 0 heterocycles. The Balaban J connectivity index is 3.12. The molecular formula is C12H12NO2W-. The van der Waals surface area contributed by atoms with E-state index in [1.54, 1.807) is 25.1 Å². The van der Waals surface area contributed by atoms with Crippen molar-refractivity contribution in [3.63, 3.8) is 0 Å². The molecule has 0 bridgehead atoms. The molecule has 0 aliphatic heterocycles. The van der Waals surface area contributed by atoms with Gasteiger partial charge in [-0.2, -0.15) is 0 Å². The topological polar surface area (TPSA) is 37.4 Å². The van der Waals surface area contributed by atoms with Crippen LogP contribution in [0.15, 0.2) is 21.7 Å².